The van der Waals surface area contributed by atoms with Crippen LogP contribution < -0.4 is 10.0 Å². The molecule has 0 fully saturated rings. The van der Waals surface area contributed by atoms with Crippen LogP contribution in [0.5, 0.6) is 0 Å². The Morgan fingerprint density at radius 1 is 1.15 bits per heavy atom. The standard InChI is InChI=1S/C14H32N2O2S2/c1-6-14(7-2,19-5)12-16-20(17,18)11-9-8-10-15-13(3)4/h13,15-16H,6-12H2,1-5H3. The van der Waals surface area contributed by atoms with Crippen LogP contribution in [-0.2, 0) is 10.0 Å². The lowest BCUT2D eigenvalue weighted by Gasteiger charge is -2.29. The Bertz CT molecular complexity index is 331. The molecule has 6 heteroatoms. The van der Waals surface area contributed by atoms with E-state index in [9.17, 15) is 8.42 Å². The smallest absolute Gasteiger partial charge is 0.211 e. The van der Waals surface area contributed by atoms with Gasteiger partial charge in [0, 0.05) is 17.3 Å². The minimum absolute atomic E-state index is 0.0340. The van der Waals surface area contributed by atoms with E-state index in [1.165, 1.54) is 0 Å². The number of hydrogen-bond donors (Lipinski definition) is 2. The van der Waals surface area contributed by atoms with Crippen LogP contribution in [0.2, 0.25) is 0 Å². The molecule has 122 valence electrons. The molecule has 0 saturated heterocycles. The van der Waals surface area contributed by atoms with Gasteiger partial charge in [-0.25, -0.2) is 13.1 Å². The van der Waals surface area contributed by atoms with Gasteiger partial charge in [-0.05, 0) is 38.5 Å². The quantitative estimate of drug-likeness (QED) is 0.542. The molecule has 0 atom stereocenters. The summed E-state index contributed by atoms with van der Waals surface area (Å²) in [6.07, 6.45) is 5.61. The second-order valence-corrected chi connectivity index (χ2v) is 8.75. The molecule has 0 radical (unpaired) electrons. The maximum atomic E-state index is 12.0. The van der Waals surface area contributed by atoms with Gasteiger partial charge in [0.2, 0.25) is 10.0 Å². The van der Waals surface area contributed by atoms with Crippen LogP contribution in [0.3, 0.4) is 0 Å². The van der Waals surface area contributed by atoms with E-state index in [1.54, 1.807) is 11.8 Å². The lowest BCUT2D eigenvalue weighted by Crippen LogP contribution is -2.40. The largest absolute Gasteiger partial charge is 0.315 e. The van der Waals surface area contributed by atoms with E-state index in [0.717, 1.165) is 25.8 Å². The zero-order valence-electron chi connectivity index (χ0n) is 13.7. The first-order valence-electron chi connectivity index (χ1n) is 7.56. The Morgan fingerprint density at radius 2 is 1.75 bits per heavy atom. The number of nitrogens with one attached hydrogen (secondary N) is 2. The van der Waals surface area contributed by atoms with Gasteiger partial charge in [-0.2, -0.15) is 11.8 Å². The van der Waals surface area contributed by atoms with Crippen molar-refractivity contribution in [3.8, 4) is 0 Å². The second kappa shape index (κ2) is 10.0. The van der Waals surface area contributed by atoms with Crippen LogP contribution in [0.25, 0.3) is 0 Å². The zero-order valence-corrected chi connectivity index (χ0v) is 15.3. The summed E-state index contributed by atoms with van der Waals surface area (Å²) in [5, 5.41) is 3.30. The molecule has 0 aliphatic heterocycles. The van der Waals surface area contributed by atoms with Crippen LogP contribution in [-0.4, -0.2) is 44.3 Å². The van der Waals surface area contributed by atoms with Crippen molar-refractivity contribution in [1.82, 2.24) is 10.0 Å². The van der Waals surface area contributed by atoms with Gasteiger partial charge >= 0.3 is 0 Å². The van der Waals surface area contributed by atoms with Crippen molar-refractivity contribution in [2.75, 3.05) is 25.1 Å². The summed E-state index contributed by atoms with van der Waals surface area (Å²) in [7, 11) is -3.14. The normalized spacial score (nSPS) is 13.1. The molecule has 0 unspecified atom stereocenters. The minimum Gasteiger partial charge on any atom is -0.315 e. The Hall–Kier alpha value is 0.220. The fourth-order valence-corrected chi connectivity index (χ4v) is 4.09. The maximum Gasteiger partial charge on any atom is 0.211 e. The monoisotopic (exact) mass is 324 g/mol. The van der Waals surface area contributed by atoms with Crippen LogP contribution in [0.4, 0.5) is 0 Å². The fraction of sp³-hybridized carbons (Fsp3) is 1.00. The van der Waals surface area contributed by atoms with Gasteiger partial charge in [-0.15, -0.1) is 0 Å². The molecule has 0 aromatic heterocycles. The van der Waals surface area contributed by atoms with Crippen molar-refractivity contribution in [3.05, 3.63) is 0 Å². The summed E-state index contributed by atoms with van der Waals surface area (Å²) >= 11 is 1.76. The minimum atomic E-state index is -3.14. The zero-order chi connectivity index (χ0) is 15.6. The Labute approximate surface area is 129 Å². The lowest BCUT2D eigenvalue weighted by molar-refractivity contribution is 0.519. The summed E-state index contributed by atoms with van der Waals surface area (Å²) in [4.78, 5) is 0. The van der Waals surface area contributed by atoms with Crippen LogP contribution >= 0.6 is 11.8 Å². The predicted molar refractivity (Wildman–Crippen MR) is 91.0 cm³/mol. The molecular formula is C14H32N2O2S2. The third-order valence-corrected chi connectivity index (χ3v) is 6.73. The van der Waals surface area contributed by atoms with Crippen molar-refractivity contribution >= 4 is 21.8 Å². The van der Waals surface area contributed by atoms with E-state index in [0.29, 0.717) is 19.0 Å². The second-order valence-electron chi connectivity index (χ2n) is 5.55. The van der Waals surface area contributed by atoms with E-state index < -0.39 is 10.0 Å². The average molecular weight is 325 g/mol. The van der Waals surface area contributed by atoms with Gasteiger partial charge in [0.05, 0.1) is 5.75 Å². The summed E-state index contributed by atoms with van der Waals surface area (Å²) in [5.41, 5.74) is 0. The average Bonchev–Trinajstić information content (AvgIpc) is 2.40. The van der Waals surface area contributed by atoms with Gasteiger partial charge in [0.25, 0.3) is 0 Å². The van der Waals surface area contributed by atoms with Gasteiger partial charge in [-0.3, -0.25) is 0 Å². The summed E-state index contributed by atoms with van der Waals surface area (Å²) in [6, 6.07) is 0.459. The molecule has 0 amide bonds. The van der Waals surface area contributed by atoms with Crippen molar-refractivity contribution in [2.24, 2.45) is 0 Å². The fourth-order valence-electron chi connectivity index (χ4n) is 1.98. The molecular weight excluding hydrogens is 292 g/mol. The summed E-state index contributed by atoms with van der Waals surface area (Å²) in [6.45, 7) is 9.84. The SMILES string of the molecule is CCC(CC)(CNS(=O)(=O)CCCCNC(C)C)SC. The van der Waals surface area contributed by atoms with Crippen LogP contribution in [0.15, 0.2) is 0 Å². The number of unbranched alkanes of at least 4 members (excludes halogenated alkanes) is 1. The van der Waals surface area contributed by atoms with E-state index in [2.05, 4.69) is 44.0 Å². The van der Waals surface area contributed by atoms with Gasteiger partial charge < -0.3 is 5.32 Å². The predicted octanol–water partition coefficient (Wildman–Crippen LogP) is 2.61. The molecule has 0 spiro atoms. The van der Waals surface area contributed by atoms with Crippen LogP contribution in [0.1, 0.15) is 53.4 Å². The van der Waals surface area contributed by atoms with Crippen molar-refractivity contribution in [2.45, 2.75) is 64.2 Å². The lowest BCUT2D eigenvalue weighted by atomic mass is 10.0. The molecule has 4 nitrogen and oxygen atoms in total. The molecule has 0 saturated carbocycles. The Morgan fingerprint density at radius 3 is 2.20 bits per heavy atom. The number of hydrogen-bond acceptors (Lipinski definition) is 4. The highest BCUT2D eigenvalue weighted by atomic mass is 32.2. The van der Waals surface area contributed by atoms with E-state index in [1.807, 2.05) is 0 Å². The molecule has 20 heavy (non-hydrogen) atoms. The first kappa shape index (κ1) is 20.2. The highest BCUT2D eigenvalue weighted by molar-refractivity contribution is 8.00. The first-order valence-corrected chi connectivity index (χ1v) is 10.4. The Kier molecular flexibility index (Phi) is 10.1. The summed E-state index contributed by atoms with van der Waals surface area (Å²) in [5.74, 6) is 0.227. The number of sulfonamides is 1. The van der Waals surface area contributed by atoms with Crippen molar-refractivity contribution in [1.29, 1.82) is 0 Å². The topological polar surface area (TPSA) is 58.2 Å². The molecule has 0 rings (SSSR count). The van der Waals surface area contributed by atoms with Crippen molar-refractivity contribution in [3.63, 3.8) is 0 Å². The Balaban J connectivity index is 4.07. The van der Waals surface area contributed by atoms with Gasteiger partial charge in [-0.1, -0.05) is 27.7 Å². The molecule has 0 aliphatic carbocycles. The maximum absolute atomic E-state index is 12.0. The first-order chi connectivity index (χ1) is 9.31. The molecule has 0 aliphatic rings. The highest BCUT2D eigenvalue weighted by Gasteiger charge is 2.26. The molecule has 0 bridgehead atoms. The third kappa shape index (κ3) is 8.49. The van der Waals surface area contributed by atoms with E-state index in [-0.39, 0.29) is 10.5 Å². The molecule has 0 heterocycles. The van der Waals surface area contributed by atoms with Gasteiger partial charge in [0.1, 0.15) is 0 Å². The van der Waals surface area contributed by atoms with E-state index >= 15 is 0 Å². The molecule has 0 aromatic carbocycles. The number of thioether (sulfide) groups is 1. The number of rotatable bonds is 12. The van der Waals surface area contributed by atoms with Gasteiger partial charge in [0.15, 0.2) is 0 Å². The highest BCUT2D eigenvalue weighted by Crippen LogP contribution is 2.29. The summed E-state index contributed by atoms with van der Waals surface area (Å²) < 4.78 is 26.8. The van der Waals surface area contributed by atoms with E-state index in [4.69, 9.17) is 0 Å². The van der Waals surface area contributed by atoms with Crippen LogP contribution in [0, 0.1) is 0 Å². The third-order valence-electron chi connectivity index (χ3n) is 3.73. The molecule has 0 aromatic rings. The van der Waals surface area contributed by atoms with Crippen molar-refractivity contribution < 1.29 is 8.42 Å². The molecule has 2 N–H and O–H groups in total.